The molecular formula is C20H26F2N2O. The third-order valence-corrected chi connectivity index (χ3v) is 5.79. The monoisotopic (exact) mass is 348 g/mol. The number of carbonyl (C=O) groups is 1. The first-order valence-electron chi connectivity index (χ1n) is 9.52. The van der Waals surface area contributed by atoms with Crippen LogP contribution in [0.25, 0.3) is 0 Å². The van der Waals surface area contributed by atoms with Gasteiger partial charge in [0.25, 0.3) is 5.91 Å². The fourth-order valence-corrected chi connectivity index (χ4v) is 3.79. The zero-order chi connectivity index (χ0) is 17.4. The second kappa shape index (κ2) is 6.67. The van der Waals surface area contributed by atoms with Crippen LogP contribution in [0.3, 0.4) is 0 Å². The van der Waals surface area contributed by atoms with Crippen LogP contribution in [-0.4, -0.2) is 30.5 Å². The van der Waals surface area contributed by atoms with E-state index in [-0.39, 0.29) is 24.8 Å². The molecule has 25 heavy (non-hydrogen) atoms. The van der Waals surface area contributed by atoms with E-state index in [1.54, 1.807) is 0 Å². The first-order chi connectivity index (χ1) is 12.0. The molecule has 0 aliphatic heterocycles. The van der Waals surface area contributed by atoms with Gasteiger partial charge in [-0.25, -0.2) is 8.78 Å². The molecule has 2 atom stereocenters. The Labute approximate surface area is 147 Å². The molecule has 5 heteroatoms. The summed E-state index contributed by atoms with van der Waals surface area (Å²) in [4.78, 5) is 12.5. The first-order valence-corrected chi connectivity index (χ1v) is 9.52. The summed E-state index contributed by atoms with van der Waals surface area (Å²) in [6.45, 7) is 1.12. The number of alkyl halides is 2. The van der Waals surface area contributed by atoms with Crippen molar-refractivity contribution in [2.75, 3.05) is 6.54 Å². The molecule has 3 nitrogen and oxygen atoms in total. The molecule has 1 aromatic carbocycles. The minimum Gasteiger partial charge on any atom is -0.349 e. The van der Waals surface area contributed by atoms with Crippen LogP contribution in [0.4, 0.5) is 8.78 Å². The van der Waals surface area contributed by atoms with Gasteiger partial charge in [0.2, 0.25) is 5.92 Å². The van der Waals surface area contributed by atoms with Gasteiger partial charge in [0, 0.05) is 36.4 Å². The van der Waals surface area contributed by atoms with Crippen molar-refractivity contribution in [3.05, 3.63) is 35.4 Å². The van der Waals surface area contributed by atoms with Gasteiger partial charge in [0.1, 0.15) is 0 Å². The normalized spacial score (nSPS) is 28.6. The summed E-state index contributed by atoms with van der Waals surface area (Å²) in [5, 5.41) is 6.55. The predicted octanol–water partition coefficient (Wildman–Crippen LogP) is 3.85. The van der Waals surface area contributed by atoms with Crippen LogP contribution >= 0.6 is 0 Å². The average Bonchev–Trinajstić information content (AvgIpc) is 3.49. The summed E-state index contributed by atoms with van der Waals surface area (Å²) in [5.41, 5.74) is 1.85. The van der Waals surface area contributed by atoms with E-state index >= 15 is 0 Å². The van der Waals surface area contributed by atoms with E-state index in [0.29, 0.717) is 30.4 Å². The number of hydrogen-bond donors (Lipinski definition) is 2. The van der Waals surface area contributed by atoms with Crippen molar-refractivity contribution >= 4 is 5.91 Å². The first kappa shape index (κ1) is 17.0. The van der Waals surface area contributed by atoms with E-state index in [0.717, 1.165) is 18.9 Å². The van der Waals surface area contributed by atoms with Crippen LogP contribution in [-0.2, 0) is 0 Å². The number of carbonyl (C=O) groups excluding carboxylic acids is 1. The van der Waals surface area contributed by atoms with E-state index in [1.165, 1.54) is 18.4 Å². The molecule has 0 radical (unpaired) electrons. The highest BCUT2D eigenvalue weighted by molar-refractivity contribution is 5.94. The molecule has 0 spiro atoms. The fourth-order valence-electron chi connectivity index (χ4n) is 3.79. The van der Waals surface area contributed by atoms with Gasteiger partial charge in [-0.15, -0.1) is 0 Å². The Morgan fingerprint density at radius 3 is 2.64 bits per heavy atom. The van der Waals surface area contributed by atoms with Gasteiger partial charge in [0.15, 0.2) is 0 Å². The Hall–Kier alpha value is -1.49. The lowest BCUT2D eigenvalue weighted by Crippen LogP contribution is -2.40. The van der Waals surface area contributed by atoms with Crippen molar-refractivity contribution in [1.82, 2.24) is 10.6 Å². The highest BCUT2D eigenvalue weighted by Crippen LogP contribution is 2.42. The van der Waals surface area contributed by atoms with Crippen molar-refractivity contribution in [1.29, 1.82) is 0 Å². The van der Waals surface area contributed by atoms with Crippen molar-refractivity contribution in [3.8, 4) is 0 Å². The maximum Gasteiger partial charge on any atom is 0.251 e. The average molecular weight is 348 g/mol. The molecule has 3 aliphatic carbocycles. The van der Waals surface area contributed by atoms with Gasteiger partial charge in [0.05, 0.1) is 0 Å². The number of benzene rings is 1. The van der Waals surface area contributed by atoms with Crippen LogP contribution in [0.1, 0.15) is 66.8 Å². The van der Waals surface area contributed by atoms with Crippen molar-refractivity contribution in [3.63, 3.8) is 0 Å². The molecule has 0 bridgehead atoms. The smallest absolute Gasteiger partial charge is 0.251 e. The standard InChI is InChI=1S/C20H26F2N2O/c21-20(22)8-6-16(7-9-20)24-19(25)15-3-1-2-14(10-15)17-11-18(17)23-12-13-4-5-13/h1-3,10,13,16-18,23H,4-9,11-12H2,(H,24,25). The summed E-state index contributed by atoms with van der Waals surface area (Å²) in [6, 6.07) is 8.20. The molecule has 3 aliphatic rings. The molecule has 3 fully saturated rings. The molecule has 0 heterocycles. The van der Waals surface area contributed by atoms with E-state index in [2.05, 4.69) is 16.7 Å². The van der Waals surface area contributed by atoms with Crippen molar-refractivity contribution in [2.45, 2.75) is 68.9 Å². The second-order valence-corrected chi connectivity index (χ2v) is 8.03. The van der Waals surface area contributed by atoms with Gasteiger partial charge in [-0.05, 0) is 62.3 Å². The van der Waals surface area contributed by atoms with Gasteiger partial charge in [-0.3, -0.25) is 4.79 Å². The van der Waals surface area contributed by atoms with E-state index in [4.69, 9.17) is 0 Å². The number of rotatable bonds is 6. The second-order valence-electron chi connectivity index (χ2n) is 8.03. The quantitative estimate of drug-likeness (QED) is 0.820. The van der Waals surface area contributed by atoms with E-state index in [9.17, 15) is 13.6 Å². The fraction of sp³-hybridized carbons (Fsp3) is 0.650. The number of halogens is 2. The van der Waals surface area contributed by atoms with Crippen LogP contribution in [0.15, 0.2) is 24.3 Å². The Morgan fingerprint density at radius 2 is 1.92 bits per heavy atom. The SMILES string of the molecule is O=C(NC1CCC(F)(F)CC1)c1cccc(C2CC2NCC2CC2)c1. The molecule has 136 valence electrons. The summed E-state index contributed by atoms with van der Waals surface area (Å²) in [7, 11) is 0. The number of nitrogens with one attached hydrogen (secondary N) is 2. The van der Waals surface area contributed by atoms with Crippen LogP contribution in [0, 0.1) is 5.92 Å². The highest BCUT2D eigenvalue weighted by atomic mass is 19.3. The van der Waals surface area contributed by atoms with Gasteiger partial charge >= 0.3 is 0 Å². The van der Waals surface area contributed by atoms with E-state index < -0.39 is 5.92 Å². The van der Waals surface area contributed by atoms with Crippen LogP contribution in [0.5, 0.6) is 0 Å². The summed E-state index contributed by atoms with van der Waals surface area (Å²) >= 11 is 0. The van der Waals surface area contributed by atoms with Crippen LogP contribution in [0.2, 0.25) is 0 Å². The molecule has 4 rings (SSSR count). The Bertz CT molecular complexity index is 634. The highest BCUT2D eigenvalue weighted by Gasteiger charge is 2.39. The number of hydrogen-bond acceptors (Lipinski definition) is 2. The molecule has 2 N–H and O–H groups in total. The molecule has 1 amide bonds. The number of amides is 1. The molecule has 0 saturated heterocycles. The zero-order valence-corrected chi connectivity index (χ0v) is 14.4. The van der Waals surface area contributed by atoms with Crippen LogP contribution < -0.4 is 10.6 Å². The lowest BCUT2D eigenvalue weighted by Gasteiger charge is -2.28. The van der Waals surface area contributed by atoms with Gasteiger partial charge < -0.3 is 10.6 Å². The van der Waals surface area contributed by atoms with Crippen molar-refractivity contribution in [2.24, 2.45) is 5.92 Å². The Morgan fingerprint density at radius 1 is 1.16 bits per heavy atom. The molecule has 3 saturated carbocycles. The summed E-state index contributed by atoms with van der Waals surface area (Å²) in [5.74, 6) is -1.32. The third kappa shape index (κ3) is 4.38. The topological polar surface area (TPSA) is 41.1 Å². The molecule has 0 aromatic heterocycles. The Balaban J connectivity index is 1.31. The van der Waals surface area contributed by atoms with Gasteiger partial charge in [-0.2, -0.15) is 0 Å². The zero-order valence-electron chi connectivity index (χ0n) is 14.4. The van der Waals surface area contributed by atoms with E-state index in [1.807, 2.05) is 18.2 Å². The molecule has 2 unspecified atom stereocenters. The van der Waals surface area contributed by atoms with Crippen molar-refractivity contribution < 1.29 is 13.6 Å². The Kier molecular flexibility index (Phi) is 4.52. The molecular weight excluding hydrogens is 322 g/mol. The lowest BCUT2D eigenvalue weighted by molar-refractivity contribution is -0.0399. The largest absolute Gasteiger partial charge is 0.349 e. The third-order valence-electron chi connectivity index (χ3n) is 5.79. The summed E-state index contributed by atoms with van der Waals surface area (Å²) in [6.07, 6.45) is 4.29. The minimum atomic E-state index is -2.56. The summed E-state index contributed by atoms with van der Waals surface area (Å²) < 4.78 is 26.4. The predicted molar refractivity (Wildman–Crippen MR) is 93.0 cm³/mol. The maximum atomic E-state index is 13.2. The maximum absolute atomic E-state index is 13.2. The molecule has 1 aromatic rings. The lowest BCUT2D eigenvalue weighted by atomic mass is 9.92. The minimum absolute atomic E-state index is 0.131. The van der Waals surface area contributed by atoms with Gasteiger partial charge in [-0.1, -0.05) is 12.1 Å².